The van der Waals surface area contributed by atoms with Crippen molar-refractivity contribution in [3.8, 4) is 0 Å². The second kappa shape index (κ2) is 6.29. The molecular formula is C16H16Cl2N2. The minimum Gasteiger partial charge on any atom is -0.278 e. The van der Waals surface area contributed by atoms with Gasteiger partial charge in [-0.15, -0.1) is 0 Å². The van der Waals surface area contributed by atoms with Gasteiger partial charge >= 0.3 is 0 Å². The highest BCUT2D eigenvalue weighted by atomic mass is 35.5. The third-order valence-electron chi connectivity index (χ3n) is 3.20. The maximum atomic E-state index is 5.96. The van der Waals surface area contributed by atoms with Gasteiger partial charge in [0.2, 0.25) is 0 Å². The van der Waals surface area contributed by atoms with Crippen LogP contribution in [0.3, 0.4) is 0 Å². The Bertz CT molecular complexity index is 664. The SMILES string of the molecule is C/C(=N/Nc1ccc(Cl)c(Cl)c1)c1ccc(C)c(C)c1. The fraction of sp³-hybridized carbons (Fsp3) is 0.188. The first-order chi connectivity index (χ1) is 9.47. The number of benzene rings is 2. The molecule has 0 saturated heterocycles. The van der Waals surface area contributed by atoms with Crippen molar-refractivity contribution >= 4 is 34.6 Å². The van der Waals surface area contributed by atoms with Crippen molar-refractivity contribution in [1.29, 1.82) is 0 Å². The Morgan fingerprint density at radius 1 is 0.950 bits per heavy atom. The fourth-order valence-electron chi connectivity index (χ4n) is 1.75. The molecule has 0 heterocycles. The summed E-state index contributed by atoms with van der Waals surface area (Å²) in [4.78, 5) is 0. The average Bonchev–Trinajstić information content (AvgIpc) is 2.43. The summed E-state index contributed by atoms with van der Waals surface area (Å²) in [6.07, 6.45) is 0. The van der Waals surface area contributed by atoms with E-state index in [-0.39, 0.29) is 0 Å². The third kappa shape index (κ3) is 3.53. The average molecular weight is 307 g/mol. The summed E-state index contributed by atoms with van der Waals surface area (Å²) in [6.45, 7) is 6.16. The Morgan fingerprint density at radius 2 is 1.70 bits per heavy atom. The van der Waals surface area contributed by atoms with Crippen LogP contribution in [0.5, 0.6) is 0 Å². The minimum atomic E-state index is 0.510. The van der Waals surface area contributed by atoms with Gasteiger partial charge in [0.1, 0.15) is 0 Å². The van der Waals surface area contributed by atoms with Crippen LogP contribution >= 0.6 is 23.2 Å². The Labute approximate surface area is 129 Å². The van der Waals surface area contributed by atoms with Gasteiger partial charge in [0.25, 0.3) is 0 Å². The lowest BCUT2D eigenvalue weighted by Gasteiger charge is -2.07. The van der Waals surface area contributed by atoms with Crippen LogP contribution in [0.4, 0.5) is 5.69 Å². The number of nitrogens with zero attached hydrogens (tertiary/aromatic N) is 1. The van der Waals surface area contributed by atoms with Crippen LogP contribution in [0.2, 0.25) is 10.0 Å². The molecule has 2 nitrogen and oxygen atoms in total. The van der Waals surface area contributed by atoms with Crippen molar-refractivity contribution in [3.63, 3.8) is 0 Å². The summed E-state index contributed by atoms with van der Waals surface area (Å²) in [5.41, 5.74) is 8.34. The summed E-state index contributed by atoms with van der Waals surface area (Å²) in [7, 11) is 0. The first-order valence-electron chi connectivity index (χ1n) is 6.30. The molecule has 0 radical (unpaired) electrons. The molecule has 4 heteroatoms. The van der Waals surface area contributed by atoms with E-state index in [0.717, 1.165) is 17.0 Å². The summed E-state index contributed by atoms with van der Waals surface area (Å²) in [5, 5.41) is 5.42. The number of halogens is 2. The molecule has 0 bridgehead atoms. The lowest BCUT2D eigenvalue weighted by atomic mass is 10.0. The molecule has 0 amide bonds. The highest BCUT2D eigenvalue weighted by Crippen LogP contribution is 2.25. The van der Waals surface area contributed by atoms with Crippen LogP contribution < -0.4 is 5.43 Å². The summed E-state index contributed by atoms with van der Waals surface area (Å²) in [5.74, 6) is 0. The Kier molecular flexibility index (Phi) is 4.69. The van der Waals surface area contributed by atoms with Crippen LogP contribution in [0.15, 0.2) is 41.5 Å². The number of anilines is 1. The Balaban J connectivity index is 2.17. The van der Waals surface area contributed by atoms with E-state index < -0.39 is 0 Å². The number of nitrogens with one attached hydrogen (secondary N) is 1. The Morgan fingerprint density at radius 3 is 2.35 bits per heavy atom. The molecule has 0 saturated carbocycles. The van der Waals surface area contributed by atoms with Gasteiger partial charge in [0.05, 0.1) is 21.4 Å². The fourth-order valence-corrected chi connectivity index (χ4v) is 2.04. The lowest BCUT2D eigenvalue weighted by molar-refractivity contribution is 1.30. The second-order valence-corrected chi connectivity index (χ2v) is 5.55. The smallest absolute Gasteiger partial charge is 0.0648 e. The van der Waals surface area contributed by atoms with Gasteiger partial charge in [0, 0.05) is 0 Å². The van der Waals surface area contributed by atoms with Gasteiger partial charge in [-0.1, -0.05) is 35.3 Å². The molecule has 2 rings (SSSR count). The van der Waals surface area contributed by atoms with Crippen molar-refractivity contribution in [1.82, 2.24) is 0 Å². The molecule has 1 N–H and O–H groups in total. The van der Waals surface area contributed by atoms with E-state index in [9.17, 15) is 0 Å². The van der Waals surface area contributed by atoms with E-state index >= 15 is 0 Å². The predicted octanol–water partition coefficient (Wildman–Crippen LogP) is 5.45. The van der Waals surface area contributed by atoms with E-state index in [1.54, 1.807) is 12.1 Å². The molecule has 0 atom stereocenters. The Hall–Kier alpha value is -1.51. The number of aryl methyl sites for hydroxylation is 2. The summed E-state index contributed by atoms with van der Waals surface area (Å²) >= 11 is 11.8. The molecule has 0 spiro atoms. The van der Waals surface area contributed by atoms with Crippen LogP contribution in [-0.4, -0.2) is 5.71 Å². The first-order valence-corrected chi connectivity index (χ1v) is 7.06. The van der Waals surface area contributed by atoms with Crippen molar-refractivity contribution in [2.24, 2.45) is 5.10 Å². The third-order valence-corrected chi connectivity index (χ3v) is 3.94. The topological polar surface area (TPSA) is 24.4 Å². The molecule has 0 unspecified atom stereocenters. The minimum absolute atomic E-state index is 0.510. The molecule has 0 fully saturated rings. The molecule has 104 valence electrons. The molecule has 20 heavy (non-hydrogen) atoms. The molecule has 2 aromatic rings. The molecule has 0 aliphatic carbocycles. The lowest BCUT2D eigenvalue weighted by Crippen LogP contribution is -2.00. The second-order valence-electron chi connectivity index (χ2n) is 4.74. The van der Waals surface area contributed by atoms with Gasteiger partial charge in [-0.05, 0) is 61.7 Å². The van der Waals surface area contributed by atoms with Gasteiger partial charge in [-0.25, -0.2) is 0 Å². The number of hydrogen-bond donors (Lipinski definition) is 1. The van der Waals surface area contributed by atoms with Crippen LogP contribution in [0.25, 0.3) is 0 Å². The summed E-state index contributed by atoms with van der Waals surface area (Å²) in [6, 6.07) is 11.6. The quantitative estimate of drug-likeness (QED) is 0.592. The van der Waals surface area contributed by atoms with Gasteiger partial charge in [-0.2, -0.15) is 5.10 Å². The summed E-state index contributed by atoms with van der Waals surface area (Å²) < 4.78 is 0. The van der Waals surface area contributed by atoms with Crippen molar-refractivity contribution in [3.05, 3.63) is 63.1 Å². The number of rotatable bonds is 3. The van der Waals surface area contributed by atoms with E-state index in [2.05, 4.69) is 42.6 Å². The number of hydrogen-bond acceptors (Lipinski definition) is 2. The van der Waals surface area contributed by atoms with E-state index in [4.69, 9.17) is 23.2 Å². The van der Waals surface area contributed by atoms with E-state index in [1.165, 1.54) is 11.1 Å². The molecule has 2 aromatic carbocycles. The van der Waals surface area contributed by atoms with Crippen LogP contribution in [0, 0.1) is 13.8 Å². The van der Waals surface area contributed by atoms with Gasteiger partial charge in [-0.3, -0.25) is 5.43 Å². The van der Waals surface area contributed by atoms with Gasteiger partial charge < -0.3 is 0 Å². The zero-order chi connectivity index (χ0) is 14.7. The molecule has 0 aromatic heterocycles. The van der Waals surface area contributed by atoms with E-state index in [1.807, 2.05) is 13.0 Å². The standard InChI is InChI=1S/C16H16Cl2N2/c1-10-4-5-13(8-11(10)2)12(3)19-20-14-6-7-15(17)16(18)9-14/h4-9,20H,1-3H3/b19-12-. The maximum Gasteiger partial charge on any atom is 0.0648 e. The zero-order valence-corrected chi connectivity index (χ0v) is 13.2. The first kappa shape index (κ1) is 14.9. The zero-order valence-electron chi connectivity index (χ0n) is 11.7. The molecule has 0 aliphatic rings. The van der Waals surface area contributed by atoms with Crippen LogP contribution in [0.1, 0.15) is 23.6 Å². The van der Waals surface area contributed by atoms with Crippen molar-refractivity contribution < 1.29 is 0 Å². The predicted molar refractivity (Wildman–Crippen MR) is 88.2 cm³/mol. The van der Waals surface area contributed by atoms with Gasteiger partial charge in [0.15, 0.2) is 0 Å². The molecule has 0 aliphatic heterocycles. The number of hydrazone groups is 1. The monoisotopic (exact) mass is 306 g/mol. The van der Waals surface area contributed by atoms with Crippen LogP contribution in [-0.2, 0) is 0 Å². The normalized spacial score (nSPS) is 11.6. The molecular weight excluding hydrogens is 291 g/mol. The highest BCUT2D eigenvalue weighted by Gasteiger charge is 2.01. The van der Waals surface area contributed by atoms with Crippen molar-refractivity contribution in [2.45, 2.75) is 20.8 Å². The van der Waals surface area contributed by atoms with Crippen molar-refractivity contribution in [2.75, 3.05) is 5.43 Å². The maximum absolute atomic E-state index is 5.96. The van der Waals surface area contributed by atoms with E-state index in [0.29, 0.717) is 10.0 Å². The largest absolute Gasteiger partial charge is 0.278 e. The highest BCUT2D eigenvalue weighted by molar-refractivity contribution is 6.42.